The molecule has 102 valence electrons. The van der Waals surface area contributed by atoms with Gasteiger partial charge in [0.2, 0.25) is 0 Å². The minimum Gasteiger partial charge on any atom is -0.480 e. The summed E-state index contributed by atoms with van der Waals surface area (Å²) in [6, 6.07) is 4.69. The summed E-state index contributed by atoms with van der Waals surface area (Å²) >= 11 is 0. The summed E-state index contributed by atoms with van der Waals surface area (Å²) < 4.78 is 0. The average molecular weight is 263 g/mol. The Balaban J connectivity index is 3.43. The molecule has 0 saturated heterocycles. The number of carboxylic acid groups (broad SMARTS) is 1. The second-order valence-corrected chi connectivity index (χ2v) is 4.29. The maximum atomic E-state index is 11.3. The molecule has 6 heteroatoms. The van der Waals surface area contributed by atoms with E-state index in [-0.39, 0.29) is 12.3 Å². The van der Waals surface area contributed by atoms with Gasteiger partial charge in [-0.2, -0.15) is 0 Å². The second-order valence-electron chi connectivity index (χ2n) is 4.29. The van der Waals surface area contributed by atoms with Crippen LogP contribution in [0.25, 0.3) is 0 Å². The number of amidine groups is 1. The number of aliphatic carboxylic acids is 1. The molecule has 6 nitrogen and oxygen atoms in total. The van der Waals surface area contributed by atoms with E-state index in [1.165, 1.54) is 12.1 Å². The quantitative estimate of drug-likeness (QED) is 0.334. The largest absolute Gasteiger partial charge is 0.480 e. The van der Waals surface area contributed by atoms with Gasteiger partial charge in [-0.3, -0.25) is 5.41 Å². The van der Waals surface area contributed by atoms with E-state index < -0.39 is 11.5 Å². The third-order valence-corrected chi connectivity index (χ3v) is 3.06. The lowest BCUT2D eigenvalue weighted by atomic mass is 9.83. The van der Waals surface area contributed by atoms with Gasteiger partial charge in [-0.1, -0.05) is 19.1 Å². The van der Waals surface area contributed by atoms with Gasteiger partial charge in [0.1, 0.15) is 17.7 Å². The molecule has 0 aliphatic rings. The molecule has 0 amide bonds. The molecule has 0 saturated carbocycles. The Bertz CT molecular complexity index is 528. The van der Waals surface area contributed by atoms with Gasteiger partial charge in [0.25, 0.3) is 0 Å². The third kappa shape index (κ3) is 2.79. The van der Waals surface area contributed by atoms with E-state index in [4.69, 9.17) is 16.9 Å². The Labute approximate surface area is 110 Å². The summed E-state index contributed by atoms with van der Waals surface area (Å²) in [6.07, 6.45) is 0.711. The van der Waals surface area contributed by atoms with Crippen molar-refractivity contribution in [3.63, 3.8) is 0 Å². The maximum Gasteiger partial charge on any atom is 0.328 e. The van der Waals surface area contributed by atoms with Crippen LogP contribution in [0.5, 0.6) is 0 Å². The molecule has 0 radical (unpaired) electrons. The number of aldehydes is 1. The van der Waals surface area contributed by atoms with Crippen LogP contribution in [0.2, 0.25) is 0 Å². The number of hydrogen-bond donors (Lipinski definition) is 4. The fourth-order valence-corrected chi connectivity index (χ4v) is 1.93. The lowest BCUT2D eigenvalue weighted by Crippen LogP contribution is -2.46. The summed E-state index contributed by atoms with van der Waals surface area (Å²) in [5.41, 5.74) is 11.0. The van der Waals surface area contributed by atoms with Crippen LogP contribution >= 0.6 is 0 Å². The van der Waals surface area contributed by atoms with E-state index in [1.807, 2.05) is 6.92 Å². The lowest BCUT2D eigenvalue weighted by Gasteiger charge is -2.25. The zero-order chi connectivity index (χ0) is 14.6. The molecule has 0 fully saturated rings. The molecule has 1 aromatic carbocycles. The van der Waals surface area contributed by atoms with Gasteiger partial charge in [-0.25, -0.2) is 4.79 Å². The van der Waals surface area contributed by atoms with E-state index in [0.717, 1.165) is 0 Å². The fourth-order valence-electron chi connectivity index (χ4n) is 1.93. The van der Waals surface area contributed by atoms with Crippen LogP contribution in [-0.2, 0) is 21.5 Å². The predicted octanol–water partition coefficient (Wildman–Crippen LogP) is 0.361. The van der Waals surface area contributed by atoms with Crippen LogP contribution in [0.1, 0.15) is 30.0 Å². The molecule has 0 aliphatic carbocycles. The number of nitrogens with one attached hydrogen (secondary N) is 1. The number of aryl methyl sites for hydroxylation is 1. The molecule has 0 aliphatic heterocycles. The van der Waals surface area contributed by atoms with Crippen LogP contribution < -0.4 is 11.5 Å². The molecular formula is C13H17N3O3. The zero-order valence-corrected chi connectivity index (χ0v) is 10.6. The van der Waals surface area contributed by atoms with Gasteiger partial charge in [0, 0.05) is 12.0 Å². The van der Waals surface area contributed by atoms with Crippen molar-refractivity contribution in [1.29, 1.82) is 5.41 Å². The van der Waals surface area contributed by atoms with Crippen LogP contribution in [0.15, 0.2) is 18.2 Å². The fraction of sp³-hybridized carbons (Fsp3) is 0.308. The summed E-state index contributed by atoms with van der Waals surface area (Å²) in [7, 11) is 0. The molecular weight excluding hydrogens is 246 g/mol. The molecule has 19 heavy (non-hydrogen) atoms. The Hall–Kier alpha value is -2.21. The number of carbonyl (C=O) groups excluding carboxylic acids is 1. The number of nitrogens with two attached hydrogens (primary N) is 2. The molecule has 0 bridgehead atoms. The zero-order valence-electron chi connectivity index (χ0n) is 10.6. The molecule has 1 aromatic rings. The van der Waals surface area contributed by atoms with Gasteiger partial charge in [-0.15, -0.1) is 0 Å². The molecule has 1 atom stereocenters. The Morgan fingerprint density at radius 1 is 1.53 bits per heavy atom. The van der Waals surface area contributed by atoms with E-state index in [1.54, 1.807) is 6.07 Å². The van der Waals surface area contributed by atoms with Crippen LogP contribution in [-0.4, -0.2) is 23.2 Å². The summed E-state index contributed by atoms with van der Waals surface area (Å²) in [5, 5.41) is 16.6. The first-order chi connectivity index (χ1) is 8.86. The van der Waals surface area contributed by atoms with Crippen LogP contribution in [0, 0.1) is 5.41 Å². The van der Waals surface area contributed by atoms with E-state index in [0.29, 0.717) is 29.4 Å². The molecule has 0 spiro atoms. The highest BCUT2D eigenvalue weighted by Gasteiger charge is 2.37. The number of carbonyl (C=O) groups is 2. The number of hydrogen-bond acceptors (Lipinski definition) is 4. The van der Waals surface area contributed by atoms with E-state index in [9.17, 15) is 14.7 Å². The minimum atomic E-state index is -1.75. The normalized spacial score (nSPS) is 13.6. The Kier molecular flexibility index (Phi) is 4.39. The van der Waals surface area contributed by atoms with Crippen molar-refractivity contribution in [2.75, 3.05) is 0 Å². The number of nitrogen functional groups attached to an aromatic ring is 1. The SMILES string of the molecule is CCc1cc(C(=N)N)ccc1C(N)(CC=O)C(=O)O. The average Bonchev–Trinajstić information content (AvgIpc) is 2.37. The monoisotopic (exact) mass is 263 g/mol. The van der Waals surface area contributed by atoms with Crippen molar-refractivity contribution in [3.8, 4) is 0 Å². The van der Waals surface area contributed by atoms with Gasteiger partial charge < -0.3 is 21.4 Å². The Morgan fingerprint density at radius 2 is 2.16 bits per heavy atom. The first kappa shape index (κ1) is 14.8. The van der Waals surface area contributed by atoms with Gasteiger partial charge in [0.15, 0.2) is 0 Å². The van der Waals surface area contributed by atoms with Crippen molar-refractivity contribution in [3.05, 3.63) is 34.9 Å². The molecule has 6 N–H and O–H groups in total. The number of carboxylic acids is 1. The molecule has 0 heterocycles. The van der Waals surface area contributed by atoms with Crippen molar-refractivity contribution in [2.24, 2.45) is 11.5 Å². The first-order valence-electron chi connectivity index (χ1n) is 5.80. The summed E-state index contributed by atoms with van der Waals surface area (Å²) in [6.45, 7) is 1.84. The standard InChI is InChI=1S/C13H17N3O3/c1-2-8-7-9(11(14)15)3-4-10(8)13(16,5-6-17)12(18)19/h3-4,6-7H,2,5,16H2,1H3,(H3,14,15)(H,18,19). The van der Waals surface area contributed by atoms with Crippen molar-refractivity contribution < 1.29 is 14.7 Å². The molecule has 1 unspecified atom stereocenters. The minimum absolute atomic E-state index is 0.102. The Morgan fingerprint density at radius 3 is 2.58 bits per heavy atom. The number of benzene rings is 1. The first-order valence-corrected chi connectivity index (χ1v) is 5.80. The highest BCUT2D eigenvalue weighted by molar-refractivity contribution is 5.95. The molecule has 1 rings (SSSR count). The van der Waals surface area contributed by atoms with Crippen LogP contribution in [0.4, 0.5) is 0 Å². The third-order valence-electron chi connectivity index (χ3n) is 3.06. The van der Waals surface area contributed by atoms with E-state index >= 15 is 0 Å². The van der Waals surface area contributed by atoms with Crippen molar-refractivity contribution in [2.45, 2.75) is 25.3 Å². The number of rotatable bonds is 6. The summed E-state index contributed by atoms with van der Waals surface area (Å²) in [5.74, 6) is -1.36. The van der Waals surface area contributed by atoms with Crippen molar-refractivity contribution in [1.82, 2.24) is 0 Å². The predicted molar refractivity (Wildman–Crippen MR) is 71.0 cm³/mol. The smallest absolute Gasteiger partial charge is 0.328 e. The maximum absolute atomic E-state index is 11.3. The van der Waals surface area contributed by atoms with E-state index in [2.05, 4.69) is 0 Å². The van der Waals surface area contributed by atoms with Gasteiger partial charge in [0.05, 0.1) is 0 Å². The van der Waals surface area contributed by atoms with Gasteiger partial charge >= 0.3 is 5.97 Å². The van der Waals surface area contributed by atoms with Crippen LogP contribution in [0.3, 0.4) is 0 Å². The van der Waals surface area contributed by atoms with Gasteiger partial charge in [-0.05, 0) is 23.6 Å². The van der Waals surface area contributed by atoms with Crippen molar-refractivity contribution >= 4 is 18.1 Å². The highest BCUT2D eigenvalue weighted by atomic mass is 16.4. The highest BCUT2D eigenvalue weighted by Crippen LogP contribution is 2.27. The summed E-state index contributed by atoms with van der Waals surface area (Å²) in [4.78, 5) is 22.0. The second kappa shape index (κ2) is 5.62. The lowest BCUT2D eigenvalue weighted by molar-refractivity contribution is -0.145. The topological polar surface area (TPSA) is 130 Å². The molecule has 0 aromatic heterocycles.